The summed E-state index contributed by atoms with van der Waals surface area (Å²) in [4.78, 5) is 19.3. The smallest absolute Gasteiger partial charge is 0.269 e. The molecule has 3 heterocycles. The minimum atomic E-state index is -0.388. The van der Waals surface area contributed by atoms with Crippen molar-refractivity contribution < 1.29 is 4.92 Å². The van der Waals surface area contributed by atoms with Gasteiger partial charge < -0.3 is 14.8 Å². The first kappa shape index (κ1) is 24.0. The van der Waals surface area contributed by atoms with Crippen LogP contribution in [-0.4, -0.2) is 19.6 Å². The summed E-state index contributed by atoms with van der Waals surface area (Å²) in [6.45, 7) is 4.35. The summed E-state index contributed by atoms with van der Waals surface area (Å²) in [5.41, 5.74) is 3.18. The number of anilines is 1. The molecular weight excluding hydrogens is 490 g/mol. The molecular formula is C27H25N5O2S2. The van der Waals surface area contributed by atoms with Crippen molar-refractivity contribution in [3.8, 4) is 0 Å². The van der Waals surface area contributed by atoms with Crippen molar-refractivity contribution in [3.05, 3.63) is 113 Å². The Hall–Kier alpha value is -3.69. The van der Waals surface area contributed by atoms with Crippen LogP contribution in [0.5, 0.6) is 0 Å². The molecule has 9 heteroatoms. The molecule has 0 bridgehead atoms. The lowest BCUT2D eigenvalue weighted by Crippen LogP contribution is -2.30. The predicted octanol–water partition coefficient (Wildman–Crippen LogP) is 6.70. The van der Waals surface area contributed by atoms with E-state index in [0.29, 0.717) is 11.2 Å². The number of hydrogen-bond acceptors (Lipinski definition) is 5. The lowest BCUT2D eigenvalue weighted by molar-refractivity contribution is -0.384. The minimum Gasteiger partial charge on any atom is -0.351 e. The maximum atomic E-state index is 10.9. The van der Waals surface area contributed by atoms with Gasteiger partial charge in [0.25, 0.3) is 5.69 Å². The molecule has 5 rings (SSSR count). The highest BCUT2D eigenvalue weighted by Crippen LogP contribution is 2.42. The van der Waals surface area contributed by atoms with Crippen LogP contribution in [0, 0.1) is 10.1 Å². The van der Waals surface area contributed by atoms with Gasteiger partial charge in [-0.25, -0.2) is 0 Å². The molecule has 0 aliphatic carbocycles. The highest BCUT2D eigenvalue weighted by molar-refractivity contribution is 7.99. The Morgan fingerprint density at radius 2 is 1.69 bits per heavy atom. The molecule has 2 unspecified atom stereocenters. The zero-order valence-corrected chi connectivity index (χ0v) is 21.4. The van der Waals surface area contributed by atoms with Crippen molar-refractivity contribution >= 4 is 40.5 Å². The van der Waals surface area contributed by atoms with Crippen LogP contribution in [-0.2, 0) is 0 Å². The van der Waals surface area contributed by atoms with Crippen molar-refractivity contribution in [1.82, 2.24) is 14.9 Å². The number of nitro benzene ring substituents is 1. The van der Waals surface area contributed by atoms with E-state index in [2.05, 4.69) is 76.2 Å². The van der Waals surface area contributed by atoms with E-state index in [9.17, 15) is 10.1 Å². The summed E-state index contributed by atoms with van der Waals surface area (Å²) < 4.78 is 2.28. The molecule has 4 aromatic rings. The van der Waals surface area contributed by atoms with Gasteiger partial charge in [0, 0.05) is 51.7 Å². The average molecular weight is 516 g/mol. The van der Waals surface area contributed by atoms with Gasteiger partial charge in [0.15, 0.2) is 5.11 Å². The van der Waals surface area contributed by atoms with Crippen LogP contribution in [0.3, 0.4) is 0 Å². The number of nitro groups is 1. The Balaban J connectivity index is 1.46. The fraction of sp³-hybridized carbons (Fsp3) is 0.185. The highest BCUT2D eigenvalue weighted by Gasteiger charge is 2.42. The normalized spacial score (nSPS) is 17.4. The molecule has 0 amide bonds. The molecule has 2 atom stereocenters. The minimum absolute atomic E-state index is 0.0713. The standard InChI is InChI=1S/C27H25N5O2S2/c1-18(2)30-17-5-7-24(30)26-25(23-6-3-4-16-28-23)29-27(35)31(26)19-8-12-21(13-9-19)36-22-14-10-20(11-15-22)32(33)34/h3-18,25-26H,1-2H3,(H,29,35). The molecule has 1 aliphatic heterocycles. The van der Waals surface area contributed by atoms with Gasteiger partial charge in [0.2, 0.25) is 0 Å². The second-order valence-electron chi connectivity index (χ2n) is 8.78. The molecule has 0 spiro atoms. The molecule has 182 valence electrons. The Bertz CT molecular complexity index is 1370. The van der Waals surface area contributed by atoms with E-state index in [1.165, 1.54) is 12.1 Å². The summed E-state index contributed by atoms with van der Waals surface area (Å²) in [7, 11) is 0. The first-order valence-electron chi connectivity index (χ1n) is 11.6. The maximum absolute atomic E-state index is 10.9. The first-order chi connectivity index (χ1) is 17.4. The zero-order chi connectivity index (χ0) is 25.2. The third-order valence-corrected chi connectivity index (χ3v) is 7.50. The molecule has 2 aromatic heterocycles. The van der Waals surface area contributed by atoms with E-state index in [4.69, 9.17) is 12.2 Å². The molecule has 0 saturated carbocycles. The summed E-state index contributed by atoms with van der Waals surface area (Å²) in [5, 5.41) is 15.1. The monoisotopic (exact) mass is 515 g/mol. The second kappa shape index (κ2) is 10.1. The SMILES string of the molecule is CC(C)n1cccc1C1C(c2ccccn2)NC(=S)N1c1ccc(Sc2ccc([N+](=O)[O-])cc2)cc1. The number of pyridine rings is 1. The largest absolute Gasteiger partial charge is 0.351 e. The van der Waals surface area contributed by atoms with E-state index in [1.54, 1.807) is 23.9 Å². The van der Waals surface area contributed by atoms with Crippen LogP contribution in [0.4, 0.5) is 11.4 Å². The van der Waals surface area contributed by atoms with Gasteiger partial charge in [-0.15, -0.1) is 0 Å². The third kappa shape index (κ3) is 4.72. The van der Waals surface area contributed by atoms with Crippen molar-refractivity contribution in [2.75, 3.05) is 4.90 Å². The second-order valence-corrected chi connectivity index (χ2v) is 10.3. The van der Waals surface area contributed by atoms with Crippen molar-refractivity contribution in [2.24, 2.45) is 0 Å². The number of rotatable bonds is 7. The molecule has 36 heavy (non-hydrogen) atoms. The van der Waals surface area contributed by atoms with E-state index in [1.807, 2.05) is 24.4 Å². The van der Waals surface area contributed by atoms with Crippen LogP contribution < -0.4 is 10.2 Å². The number of nitrogens with one attached hydrogen (secondary N) is 1. The lowest BCUT2D eigenvalue weighted by Gasteiger charge is -2.30. The summed E-state index contributed by atoms with van der Waals surface area (Å²) >= 11 is 7.41. The molecule has 1 aliphatic rings. The van der Waals surface area contributed by atoms with Gasteiger partial charge in [-0.1, -0.05) is 17.8 Å². The first-order valence-corrected chi connectivity index (χ1v) is 12.8. The van der Waals surface area contributed by atoms with Gasteiger partial charge >= 0.3 is 0 Å². The maximum Gasteiger partial charge on any atom is 0.269 e. The summed E-state index contributed by atoms with van der Waals surface area (Å²) in [6.07, 6.45) is 3.92. The third-order valence-electron chi connectivity index (χ3n) is 6.17. The van der Waals surface area contributed by atoms with E-state index in [0.717, 1.165) is 26.9 Å². The van der Waals surface area contributed by atoms with Crippen LogP contribution in [0.2, 0.25) is 0 Å². The van der Waals surface area contributed by atoms with Crippen LogP contribution in [0.25, 0.3) is 0 Å². The van der Waals surface area contributed by atoms with Crippen molar-refractivity contribution in [1.29, 1.82) is 0 Å². The quantitative estimate of drug-likeness (QED) is 0.167. The molecule has 0 radical (unpaired) electrons. The number of nitrogens with zero attached hydrogens (tertiary/aromatic N) is 4. The fourth-order valence-corrected chi connectivity index (χ4v) is 5.67. The summed E-state index contributed by atoms with van der Waals surface area (Å²) in [6, 6.07) is 25.1. The van der Waals surface area contributed by atoms with E-state index < -0.39 is 0 Å². The highest BCUT2D eigenvalue weighted by atomic mass is 32.2. The van der Waals surface area contributed by atoms with Gasteiger partial charge in [-0.2, -0.15) is 0 Å². The molecule has 7 nitrogen and oxygen atoms in total. The number of aromatic nitrogens is 2. The Kier molecular flexibility index (Phi) is 6.75. The molecule has 1 N–H and O–H groups in total. The fourth-order valence-electron chi connectivity index (χ4n) is 4.51. The van der Waals surface area contributed by atoms with Gasteiger partial charge in [-0.05, 0) is 86.7 Å². The molecule has 2 aromatic carbocycles. The van der Waals surface area contributed by atoms with Crippen molar-refractivity contribution in [3.63, 3.8) is 0 Å². The van der Waals surface area contributed by atoms with E-state index in [-0.39, 0.29) is 22.7 Å². The number of thiocarbonyl (C=S) groups is 1. The average Bonchev–Trinajstić information content (AvgIpc) is 3.50. The zero-order valence-electron chi connectivity index (χ0n) is 19.8. The lowest BCUT2D eigenvalue weighted by atomic mass is 10.0. The van der Waals surface area contributed by atoms with Gasteiger partial charge in [0.05, 0.1) is 16.7 Å². The van der Waals surface area contributed by atoms with E-state index >= 15 is 0 Å². The molecule has 1 fully saturated rings. The number of non-ortho nitro benzene ring substituents is 1. The predicted molar refractivity (Wildman–Crippen MR) is 146 cm³/mol. The Labute approximate surface area is 219 Å². The topological polar surface area (TPSA) is 76.2 Å². The van der Waals surface area contributed by atoms with Gasteiger partial charge in [-0.3, -0.25) is 15.1 Å². The Morgan fingerprint density at radius 3 is 2.31 bits per heavy atom. The van der Waals surface area contributed by atoms with Gasteiger partial charge in [0.1, 0.15) is 6.04 Å². The number of benzene rings is 2. The van der Waals surface area contributed by atoms with Crippen LogP contribution in [0.15, 0.2) is 101 Å². The van der Waals surface area contributed by atoms with Crippen LogP contribution >= 0.6 is 24.0 Å². The number of hydrogen-bond donors (Lipinski definition) is 1. The van der Waals surface area contributed by atoms with Crippen molar-refractivity contribution in [2.45, 2.75) is 41.8 Å². The Morgan fingerprint density at radius 1 is 1.00 bits per heavy atom. The van der Waals surface area contributed by atoms with Crippen LogP contribution in [0.1, 0.15) is 43.4 Å². The molecule has 1 saturated heterocycles. The summed E-state index contributed by atoms with van der Waals surface area (Å²) in [5.74, 6) is 0.